The fourth-order valence-electron chi connectivity index (χ4n) is 4.04. The molecule has 1 aliphatic heterocycles. The van der Waals surface area contributed by atoms with Crippen molar-refractivity contribution in [1.29, 1.82) is 0 Å². The van der Waals surface area contributed by atoms with Gasteiger partial charge in [0, 0.05) is 6.54 Å². The maximum atomic E-state index is 13.0. The fourth-order valence-corrected chi connectivity index (χ4v) is 4.04. The van der Waals surface area contributed by atoms with Crippen LogP contribution in [0.15, 0.2) is 60.7 Å². The zero-order chi connectivity index (χ0) is 24.5. The van der Waals surface area contributed by atoms with Gasteiger partial charge in [-0.05, 0) is 44.2 Å². The van der Waals surface area contributed by atoms with Gasteiger partial charge < -0.3 is 25.4 Å². The number of amides is 3. The smallest absolute Gasteiger partial charge is 0.408 e. The lowest BCUT2D eigenvalue weighted by atomic mass is 10.0. The van der Waals surface area contributed by atoms with Crippen molar-refractivity contribution in [3.05, 3.63) is 71.8 Å². The predicted molar refractivity (Wildman–Crippen MR) is 128 cm³/mol. The van der Waals surface area contributed by atoms with Crippen molar-refractivity contribution < 1.29 is 24.2 Å². The predicted octanol–water partition coefficient (Wildman–Crippen LogP) is 2.40. The SMILES string of the molecule is C[C@H](NC(=O)OCc1ccccc1)C(=O)N1CCC[C@H]1C(=O)N[C@@H](Cc1ccccc1)[C@@H](C)O. The lowest BCUT2D eigenvalue weighted by Gasteiger charge is -2.29. The molecule has 0 unspecified atom stereocenters. The van der Waals surface area contributed by atoms with Crippen LogP contribution in [0.25, 0.3) is 0 Å². The highest BCUT2D eigenvalue weighted by atomic mass is 16.5. The Morgan fingerprint density at radius 1 is 1.00 bits per heavy atom. The molecule has 3 rings (SSSR count). The number of hydrogen-bond donors (Lipinski definition) is 3. The summed E-state index contributed by atoms with van der Waals surface area (Å²) in [7, 11) is 0. The van der Waals surface area contributed by atoms with Crippen LogP contribution in [0.5, 0.6) is 0 Å². The van der Waals surface area contributed by atoms with E-state index in [4.69, 9.17) is 4.74 Å². The van der Waals surface area contributed by atoms with Gasteiger partial charge in [-0.1, -0.05) is 60.7 Å². The Balaban J connectivity index is 1.54. The van der Waals surface area contributed by atoms with Gasteiger partial charge in [-0.3, -0.25) is 9.59 Å². The van der Waals surface area contributed by atoms with Crippen molar-refractivity contribution >= 4 is 17.9 Å². The van der Waals surface area contributed by atoms with E-state index in [9.17, 15) is 19.5 Å². The third-order valence-electron chi connectivity index (χ3n) is 5.96. The Morgan fingerprint density at radius 2 is 1.62 bits per heavy atom. The highest BCUT2D eigenvalue weighted by Gasteiger charge is 2.37. The van der Waals surface area contributed by atoms with E-state index in [2.05, 4.69) is 10.6 Å². The summed E-state index contributed by atoms with van der Waals surface area (Å²) in [5, 5.41) is 15.7. The Bertz CT molecular complexity index is 951. The first kappa shape index (κ1) is 25.2. The topological polar surface area (TPSA) is 108 Å². The minimum Gasteiger partial charge on any atom is -0.445 e. The van der Waals surface area contributed by atoms with Crippen molar-refractivity contribution in [2.24, 2.45) is 0 Å². The molecule has 8 nitrogen and oxygen atoms in total. The van der Waals surface area contributed by atoms with Crippen LogP contribution in [-0.4, -0.2) is 58.7 Å². The van der Waals surface area contributed by atoms with Gasteiger partial charge in [-0.15, -0.1) is 0 Å². The number of rotatable bonds is 9. The van der Waals surface area contributed by atoms with E-state index in [0.29, 0.717) is 25.8 Å². The van der Waals surface area contributed by atoms with Crippen molar-refractivity contribution in [1.82, 2.24) is 15.5 Å². The van der Waals surface area contributed by atoms with E-state index in [1.807, 2.05) is 60.7 Å². The maximum absolute atomic E-state index is 13.0. The molecule has 34 heavy (non-hydrogen) atoms. The van der Waals surface area contributed by atoms with Crippen LogP contribution in [-0.2, 0) is 27.4 Å². The van der Waals surface area contributed by atoms with Gasteiger partial charge in [-0.2, -0.15) is 0 Å². The summed E-state index contributed by atoms with van der Waals surface area (Å²) in [4.78, 5) is 39.7. The number of ether oxygens (including phenoxy) is 1. The van der Waals surface area contributed by atoms with E-state index >= 15 is 0 Å². The zero-order valence-electron chi connectivity index (χ0n) is 19.6. The number of nitrogens with one attached hydrogen (secondary N) is 2. The highest BCUT2D eigenvalue weighted by Crippen LogP contribution is 2.19. The van der Waals surface area contributed by atoms with E-state index in [1.165, 1.54) is 4.90 Å². The summed E-state index contributed by atoms with van der Waals surface area (Å²) in [6.07, 6.45) is 0.251. The molecule has 1 fully saturated rings. The monoisotopic (exact) mass is 467 g/mol. The molecule has 1 aliphatic rings. The molecular formula is C26H33N3O5. The summed E-state index contributed by atoms with van der Waals surface area (Å²) in [6.45, 7) is 3.75. The molecule has 0 aromatic heterocycles. The second kappa shape index (κ2) is 12.2. The Morgan fingerprint density at radius 3 is 2.24 bits per heavy atom. The van der Waals surface area contributed by atoms with Gasteiger partial charge in [0.2, 0.25) is 11.8 Å². The normalized spacial score (nSPS) is 18.0. The number of aliphatic hydroxyl groups is 1. The number of hydrogen-bond acceptors (Lipinski definition) is 5. The Kier molecular flexibility index (Phi) is 9.04. The molecule has 0 aliphatic carbocycles. The summed E-state index contributed by atoms with van der Waals surface area (Å²) >= 11 is 0. The third kappa shape index (κ3) is 7.05. The van der Waals surface area contributed by atoms with Crippen LogP contribution in [0.1, 0.15) is 37.8 Å². The third-order valence-corrected chi connectivity index (χ3v) is 5.96. The molecule has 0 radical (unpaired) electrons. The van der Waals surface area contributed by atoms with Gasteiger partial charge in [0.1, 0.15) is 18.7 Å². The highest BCUT2D eigenvalue weighted by molar-refractivity contribution is 5.91. The van der Waals surface area contributed by atoms with Crippen LogP contribution in [0, 0.1) is 0 Å². The van der Waals surface area contributed by atoms with E-state index in [0.717, 1.165) is 11.1 Å². The Labute approximate surface area is 200 Å². The number of likely N-dealkylation sites (tertiary alicyclic amines) is 1. The van der Waals surface area contributed by atoms with Crippen molar-refractivity contribution in [2.75, 3.05) is 6.54 Å². The molecule has 182 valence electrons. The van der Waals surface area contributed by atoms with Gasteiger partial charge >= 0.3 is 6.09 Å². The first-order valence-electron chi connectivity index (χ1n) is 11.6. The summed E-state index contributed by atoms with van der Waals surface area (Å²) < 4.78 is 5.19. The second-order valence-corrected chi connectivity index (χ2v) is 8.66. The number of carbonyl (C=O) groups excluding carboxylic acids is 3. The largest absolute Gasteiger partial charge is 0.445 e. The Hall–Kier alpha value is -3.39. The minimum atomic E-state index is -0.839. The number of carbonyl (C=O) groups is 3. The first-order chi connectivity index (χ1) is 16.3. The zero-order valence-corrected chi connectivity index (χ0v) is 19.6. The average Bonchev–Trinajstić information content (AvgIpc) is 3.33. The van der Waals surface area contributed by atoms with Crippen LogP contribution in [0.4, 0.5) is 4.79 Å². The molecule has 8 heteroatoms. The van der Waals surface area contributed by atoms with Gasteiger partial charge in [-0.25, -0.2) is 4.79 Å². The van der Waals surface area contributed by atoms with Crippen molar-refractivity contribution in [3.8, 4) is 0 Å². The lowest BCUT2D eigenvalue weighted by Crippen LogP contribution is -2.55. The second-order valence-electron chi connectivity index (χ2n) is 8.66. The maximum Gasteiger partial charge on any atom is 0.408 e. The van der Waals surface area contributed by atoms with Crippen LogP contribution >= 0.6 is 0 Å². The van der Waals surface area contributed by atoms with Crippen LogP contribution < -0.4 is 10.6 Å². The molecule has 2 aromatic carbocycles. The van der Waals surface area contributed by atoms with Crippen molar-refractivity contribution in [2.45, 2.75) is 63.9 Å². The van der Waals surface area contributed by atoms with E-state index in [1.54, 1.807) is 13.8 Å². The summed E-state index contributed by atoms with van der Waals surface area (Å²) in [5.74, 6) is -0.641. The molecule has 1 heterocycles. The number of benzene rings is 2. The fraction of sp³-hybridized carbons (Fsp3) is 0.423. The number of alkyl carbamates (subject to hydrolysis) is 1. The standard InChI is InChI=1S/C26H33N3O5/c1-18(27-26(33)34-17-21-12-7-4-8-13-21)25(32)29-15-9-14-23(29)24(31)28-22(19(2)30)16-20-10-5-3-6-11-20/h3-8,10-13,18-19,22-23,30H,9,14-17H2,1-2H3,(H,27,33)(H,28,31)/t18-,19+,22-,23-/m0/s1. The van der Waals surface area contributed by atoms with Gasteiger partial charge in [0.25, 0.3) is 0 Å². The van der Waals surface area contributed by atoms with Crippen LogP contribution in [0.2, 0.25) is 0 Å². The summed E-state index contributed by atoms with van der Waals surface area (Å²) in [5.41, 5.74) is 1.84. The van der Waals surface area contributed by atoms with Crippen LogP contribution in [0.3, 0.4) is 0 Å². The molecule has 2 aromatic rings. The molecule has 3 N–H and O–H groups in total. The van der Waals surface area contributed by atoms with Gasteiger partial charge in [0.05, 0.1) is 12.1 Å². The number of nitrogens with zero attached hydrogens (tertiary/aromatic N) is 1. The molecule has 0 saturated carbocycles. The molecular weight excluding hydrogens is 434 g/mol. The van der Waals surface area contributed by atoms with E-state index < -0.39 is 30.3 Å². The molecule has 4 atom stereocenters. The van der Waals surface area contributed by atoms with Gasteiger partial charge in [0.15, 0.2) is 0 Å². The molecule has 0 bridgehead atoms. The first-order valence-corrected chi connectivity index (χ1v) is 11.6. The van der Waals surface area contributed by atoms with Crippen molar-refractivity contribution in [3.63, 3.8) is 0 Å². The molecule has 3 amide bonds. The quantitative estimate of drug-likeness (QED) is 0.525. The minimum absolute atomic E-state index is 0.102. The summed E-state index contributed by atoms with van der Waals surface area (Å²) in [6, 6.07) is 16.9. The number of aliphatic hydroxyl groups excluding tert-OH is 1. The average molecular weight is 468 g/mol. The lowest BCUT2D eigenvalue weighted by molar-refractivity contribution is -0.140. The van der Waals surface area contributed by atoms with E-state index in [-0.39, 0.29) is 18.4 Å². The molecule has 1 saturated heterocycles. The molecule has 0 spiro atoms.